The minimum Gasteiger partial charge on any atom is -0.390 e. The molecule has 0 spiro atoms. The normalized spacial score (nSPS) is 30.0. The number of para-hydroxylation sites is 1. The van der Waals surface area contributed by atoms with Crippen molar-refractivity contribution in [2.75, 3.05) is 19.8 Å². The van der Waals surface area contributed by atoms with E-state index in [9.17, 15) is 9.50 Å². The number of ether oxygens (including phenoxy) is 1. The van der Waals surface area contributed by atoms with Crippen LogP contribution in [0.15, 0.2) is 36.5 Å². The molecule has 26 heavy (non-hydrogen) atoms. The largest absolute Gasteiger partial charge is 0.390 e. The Balaban J connectivity index is 1.49. The van der Waals surface area contributed by atoms with Crippen LogP contribution in [0.1, 0.15) is 31.9 Å². The predicted octanol–water partition coefficient (Wildman–Crippen LogP) is 2.76. The van der Waals surface area contributed by atoms with E-state index in [-0.39, 0.29) is 11.7 Å². The van der Waals surface area contributed by atoms with Crippen molar-refractivity contribution in [3.63, 3.8) is 0 Å². The topological polar surface area (TPSA) is 50.5 Å². The zero-order chi connectivity index (χ0) is 18.1. The smallest absolute Gasteiger partial charge is 0.148 e. The number of aliphatic hydroxyl groups is 1. The molecule has 1 N–H and O–H groups in total. The summed E-state index contributed by atoms with van der Waals surface area (Å²) in [5.41, 5.74) is 0.690. The molecule has 0 saturated carbocycles. The average molecular weight is 359 g/mol. The highest BCUT2D eigenvalue weighted by molar-refractivity contribution is 5.32. The Bertz CT molecular complexity index is 761. The van der Waals surface area contributed by atoms with Gasteiger partial charge in [-0.05, 0) is 50.9 Å². The van der Waals surface area contributed by atoms with Gasteiger partial charge >= 0.3 is 0 Å². The third kappa shape index (κ3) is 3.41. The number of hydrogen-bond donors (Lipinski definition) is 1. The molecule has 6 heteroatoms. The first-order valence-electron chi connectivity index (χ1n) is 9.38. The van der Waals surface area contributed by atoms with Crippen molar-refractivity contribution >= 4 is 0 Å². The number of nitrogens with zero attached hydrogens (tertiary/aromatic N) is 3. The van der Waals surface area contributed by atoms with Crippen molar-refractivity contribution in [3.05, 3.63) is 48.0 Å². The maximum Gasteiger partial charge on any atom is 0.148 e. The molecule has 0 amide bonds. The van der Waals surface area contributed by atoms with E-state index >= 15 is 0 Å². The van der Waals surface area contributed by atoms with Crippen LogP contribution in [0.3, 0.4) is 0 Å². The maximum absolute atomic E-state index is 14.0. The first-order chi connectivity index (χ1) is 12.5. The lowest BCUT2D eigenvalue weighted by atomic mass is 9.79. The second-order valence-corrected chi connectivity index (χ2v) is 7.67. The van der Waals surface area contributed by atoms with Gasteiger partial charge in [-0.1, -0.05) is 12.1 Å². The van der Waals surface area contributed by atoms with Gasteiger partial charge in [0.1, 0.15) is 11.5 Å². The third-order valence-electron chi connectivity index (χ3n) is 5.84. The van der Waals surface area contributed by atoms with Crippen LogP contribution >= 0.6 is 0 Å². The molecular formula is C20H26FN3O2. The van der Waals surface area contributed by atoms with E-state index in [1.807, 2.05) is 13.0 Å². The number of rotatable bonds is 4. The zero-order valence-electron chi connectivity index (χ0n) is 15.1. The van der Waals surface area contributed by atoms with Crippen LogP contribution in [0.5, 0.6) is 0 Å². The maximum atomic E-state index is 14.0. The lowest BCUT2D eigenvalue weighted by molar-refractivity contribution is -0.123. The minimum absolute atomic E-state index is 0.118. The van der Waals surface area contributed by atoms with E-state index in [1.54, 1.807) is 29.1 Å². The molecule has 4 rings (SSSR count). The van der Waals surface area contributed by atoms with Gasteiger partial charge in [0, 0.05) is 31.3 Å². The van der Waals surface area contributed by atoms with E-state index in [0.717, 1.165) is 25.1 Å². The molecule has 140 valence electrons. The predicted molar refractivity (Wildman–Crippen MR) is 96.5 cm³/mol. The van der Waals surface area contributed by atoms with Crippen molar-refractivity contribution < 1.29 is 14.2 Å². The van der Waals surface area contributed by atoms with Gasteiger partial charge in [0.25, 0.3) is 0 Å². The van der Waals surface area contributed by atoms with Crippen LogP contribution < -0.4 is 0 Å². The van der Waals surface area contributed by atoms with Gasteiger partial charge in [-0.15, -0.1) is 0 Å². The Morgan fingerprint density at radius 3 is 3.00 bits per heavy atom. The highest BCUT2D eigenvalue weighted by atomic mass is 19.1. The second kappa shape index (κ2) is 7.10. The molecule has 3 heterocycles. The molecule has 1 aromatic carbocycles. The van der Waals surface area contributed by atoms with E-state index in [1.165, 1.54) is 6.07 Å². The lowest BCUT2D eigenvalue weighted by Crippen LogP contribution is -2.52. The molecule has 3 atom stereocenters. The molecule has 5 nitrogen and oxygen atoms in total. The van der Waals surface area contributed by atoms with E-state index < -0.39 is 5.60 Å². The molecule has 2 aromatic rings. The molecule has 1 aromatic heterocycles. The molecule has 0 aliphatic carbocycles. The lowest BCUT2D eigenvalue weighted by Gasteiger charge is -2.43. The van der Waals surface area contributed by atoms with Crippen LogP contribution in [-0.2, 0) is 11.3 Å². The first-order valence-corrected chi connectivity index (χ1v) is 9.38. The molecule has 2 aliphatic rings. The highest BCUT2D eigenvalue weighted by Crippen LogP contribution is 2.36. The fraction of sp³-hybridized carbons (Fsp3) is 0.550. The molecule has 2 saturated heterocycles. The van der Waals surface area contributed by atoms with Crippen LogP contribution in [0.25, 0.3) is 5.69 Å². The molecule has 2 aliphatic heterocycles. The first kappa shape index (κ1) is 17.6. The van der Waals surface area contributed by atoms with Crippen LogP contribution in [0.2, 0.25) is 0 Å². The number of benzene rings is 1. The third-order valence-corrected chi connectivity index (χ3v) is 5.84. The van der Waals surface area contributed by atoms with Crippen molar-refractivity contribution in [2.45, 2.75) is 44.4 Å². The van der Waals surface area contributed by atoms with Crippen molar-refractivity contribution in [1.82, 2.24) is 14.7 Å². The summed E-state index contributed by atoms with van der Waals surface area (Å²) < 4.78 is 21.2. The standard InChI is InChI=1S/C20H26FN3O2/c1-20(25)9-12-26-14-16(20)18-7-4-10-23(18)13-15-8-11-24(22-15)19-6-3-2-5-17(19)21/h2-3,5-6,8,11,16,18,25H,4,7,9-10,12-14H2,1H3/t16-,18-,20+/m1/s1. The van der Waals surface area contributed by atoms with Gasteiger partial charge in [0.05, 0.1) is 17.9 Å². The van der Waals surface area contributed by atoms with Gasteiger partial charge in [0.15, 0.2) is 0 Å². The second-order valence-electron chi connectivity index (χ2n) is 7.67. The Kier molecular flexibility index (Phi) is 4.82. The van der Waals surface area contributed by atoms with Crippen molar-refractivity contribution in [3.8, 4) is 5.69 Å². The fourth-order valence-corrected chi connectivity index (χ4v) is 4.31. The Labute approximate surface area is 153 Å². The van der Waals surface area contributed by atoms with Gasteiger partial charge in [0.2, 0.25) is 0 Å². The Hall–Kier alpha value is -1.76. The van der Waals surface area contributed by atoms with Gasteiger partial charge in [-0.3, -0.25) is 4.90 Å². The summed E-state index contributed by atoms with van der Waals surface area (Å²) in [5, 5.41) is 15.4. The summed E-state index contributed by atoms with van der Waals surface area (Å²) in [5.74, 6) is -0.163. The fourth-order valence-electron chi connectivity index (χ4n) is 4.31. The van der Waals surface area contributed by atoms with Crippen molar-refractivity contribution in [2.24, 2.45) is 5.92 Å². The quantitative estimate of drug-likeness (QED) is 0.912. The summed E-state index contributed by atoms with van der Waals surface area (Å²) in [4.78, 5) is 2.39. The molecular weight excluding hydrogens is 333 g/mol. The van der Waals surface area contributed by atoms with Crippen LogP contribution in [-0.4, -0.2) is 51.2 Å². The van der Waals surface area contributed by atoms with E-state index in [2.05, 4.69) is 10.00 Å². The molecule has 0 radical (unpaired) electrons. The summed E-state index contributed by atoms with van der Waals surface area (Å²) in [6.45, 7) is 4.87. The van der Waals surface area contributed by atoms with Gasteiger partial charge in [-0.25, -0.2) is 9.07 Å². The summed E-state index contributed by atoms with van der Waals surface area (Å²) in [6, 6.07) is 8.89. The van der Waals surface area contributed by atoms with Crippen LogP contribution in [0.4, 0.5) is 4.39 Å². The molecule has 2 fully saturated rings. The highest BCUT2D eigenvalue weighted by Gasteiger charge is 2.44. The summed E-state index contributed by atoms with van der Waals surface area (Å²) >= 11 is 0. The van der Waals surface area contributed by atoms with E-state index in [0.29, 0.717) is 37.9 Å². The number of halogens is 1. The Morgan fingerprint density at radius 1 is 1.35 bits per heavy atom. The molecule has 0 unspecified atom stereocenters. The SMILES string of the molecule is C[C@]1(O)CCOC[C@@H]1[C@H]1CCCN1Cc1ccn(-c2ccccc2F)n1. The summed E-state index contributed by atoms with van der Waals surface area (Å²) in [7, 11) is 0. The minimum atomic E-state index is -0.683. The molecule has 0 bridgehead atoms. The zero-order valence-corrected chi connectivity index (χ0v) is 15.1. The van der Waals surface area contributed by atoms with Gasteiger partial charge < -0.3 is 9.84 Å². The Morgan fingerprint density at radius 2 is 2.19 bits per heavy atom. The number of likely N-dealkylation sites (tertiary alicyclic amines) is 1. The van der Waals surface area contributed by atoms with Gasteiger partial charge in [-0.2, -0.15) is 5.10 Å². The average Bonchev–Trinajstić information content (AvgIpc) is 3.25. The summed E-state index contributed by atoms with van der Waals surface area (Å²) in [6.07, 6.45) is 4.67. The monoisotopic (exact) mass is 359 g/mol. The van der Waals surface area contributed by atoms with Crippen LogP contribution in [0, 0.1) is 11.7 Å². The van der Waals surface area contributed by atoms with Crippen molar-refractivity contribution in [1.29, 1.82) is 0 Å². The number of aromatic nitrogens is 2. The van der Waals surface area contributed by atoms with E-state index in [4.69, 9.17) is 4.74 Å². The number of hydrogen-bond acceptors (Lipinski definition) is 4.